The molecular formula is C10H14N4O. The molecule has 0 aromatic carbocycles. The number of aromatic nitrogens is 4. The Labute approximate surface area is 87.2 Å². The molecule has 0 bridgehead atoms. The van der Waals surface area contributed by atoms with Crippen molar-refractivity contribution in [1.29, 1.82) is 0 Å². The lowest BCUT2D eigenvalue weighted by molar-refractivity contribution is 0.595. The van der Waals surface area contributed by atoms with E-state index in [2.05, 4.69) is 15.0 Å². The molecule has 0 atom stereocenters. The number of aryl methyl sites for hydroxylation is 2. The summed E-state index contributed by atoms with van der Waals surface area (Å²) in [6.45, 7) is 7.75. The predicted octanol–water partition coefficient (Wildman–Crippen LogP) is 1.32. The van der Waals surface area contributed by atoms with Gasteiger partial charge in [0.05, 0.1) is 0 Å². The van der Waals surface area contributed by atoms with E-state index in [1.807, 2.05) is 25.3 Å². The van der Waals surface area contributed by atoms with Crippen LogP contribution in [0, 0.1) is 13.8 Å². The normalized spacial score (nSPS) is 11.5. The average Bonchev–Trinajstić information content (AvgIpc) is 2.41. The fourth-order valence-electron chi connectivity index (χ4n) is 1.82. The molecule has 2 heterocycles. The van der Waals surface area contributed by atoms with Crippen LogP contribution in [0.4, 0.5) is 0 Å². The lowest BCUT2D eigenvalue weighted by Gasteiger charge is -2.09. The Morgan fingerprint density at radius 3 is 2.53 bits per heavy atom. The molecular weight excluding hydrogens is 192 g/mol. The van der Waals surface area contributed by atoms with E-state index in [-0.39, 0.29) is 11.6 Å². The van der Waals surface area contributed by atoms with Gasteiger partial charge in [0.25, 0.3) is 5.56 Å². The monoisotopic (exact) mass is 206 g/mol. The van der Waals surface area contributed by atoms with Crippen LogP contribution in [0.3, 0.4) is 0 Å². The summed E-state index contributed by atoms with van der Waals surface area (Å²) in [5, 5.41) is 0. The summed E-state index contributed by atoms with van der Waals surface area (Å²) in [7, 11) is 0. The molecule has 2 aromatic heterocycles. The Balaban J connectivity index is 2.93. The van der Waals surface area contributed by atoms with Gasteiger partial charge in [0.2, 0.25) is 0 Å². The maximum absolute atomic E-state index is 11.6. The number of hydrogen-bond donors (Lipinski definition) is 1. The van der Waals surface area contributed by atoms with Crippen LogP contribution in [0.2, 0.25) is 0 Å². The van der Waals surface area contributed by atoms with Gasteiger partial charge in [-0.15, -0.1) is 0 Å². The standard InChI is InChI=1S/C10H14N4O/c1-5(2)14-7(4)13-8-9(14)11-6(3)12-10(8)15/h5H,1-4H3,(H,11,12,15). The Bertz CT molecular complexity index is 565. The molecule has 15 heavy (non-hydrogen) atoms. The molecule has 0 saturated heterocycles. The average molecular weight is 206 g/mol. The zero-order valence-corrected chi connectivity index (χ0v) is 9.33. The zero-order valence-electron chi connectivity index (χ0n) is 9.33. The van der Waals surface area contributed by atoms with Gasteiger partial charge in [-0.25, -0.2) is 9.97 Å². The second-order valence-corrected chi connectivity index (χ2v) is 3.95. The lowest BCUT2D eigenvalue weighted by Crippen LogP contribution is -2.11. The van der Waals surface area contributed by atoms with Crippen molar-refractivity contribution in [2.24, 2.45) is 0 Å². The van der Waals surface area contributed by atoms with E-state index in [4.69, 9.17) is 0 Å². The van der Waals surface area contributed by atoms with Crippen molar-refractivity contribution in [3.8, 4) is 0 Å². The third-order valence-corrected chi connectivity index (χ3v) is 2.36. The Morgan fingerprint density at radius 2 is 1.93 bits per heavy atom. The molecule has 0 fully saturated rings. The van der Waals surface area contributed by atoms with Gasteiger partial charge in [-0.1, -0.05) is 0 Å². The summed E-state index contributed by atoms with van der Waals surface area (Å²) in [5.74, 6) is 1.44. The van der Waals surface area contributed by atoms with Crippen LogP contribution in [0.15, 0.2) is 4.79 Å². The van der Waals surface area contributed by atoms with Crippen LogP contribution in [0.25, 0.3) is 11.2 Å². The minimum absolute atomic E-state index is 0.167. The van der Waals surface area contributed by atoms with Crippen molar-refractivity contribution in [3.63, 3.8) is 0 Å². The number of aromatic amines is 1. The first kappa shape index (κ1) is 9.89. The Morgan fingerprint density at radius 1 is 1.27 bits per heavy atom. The summed E-state index contributed by atoms with van der Waals surface area (Å²) >= 11 is 0. The van der Waals surface area contributed by atoms with E-state index in [0.717, 1.165) is 5.82 Å². The highest BCUT2D eigenvalue weighted by Gasteiger charge is 2.14. The van der Waals surface area contributed by atoms with Crippen molar-refractivity contribution >= 4 is 11.2 Å². The molecule has 5 heteroatoms. The molecule has 0 radical (unpaired) electrons. The number of rotatable bonds is 1. The van der Waals surface area contributed by atoms with E-state index in [1.165, 1.54) is 0 Å². The van der Waals surface area contributed by atoms with Crippen LogP contribution in [0.1, 0.15) is 31.5 Å². The lowest BCUT2D eigenvalue weighted by atomic mass is 10.4. The smallest absolute Gasteiger partial charge is 0.279 e. The molecule has 0 unspecified atom stereocenters. The Hall–Kier alpha value is -1.65. The molecule has 80 valence electrons. The topological polar surface area (TPSA) is 63.6 Å². The fourth-order valence-corrected chi connectivity index (χ4v) is 1.82. The third kappa shape index (κ3) is 1.44. The molecule has 0 saturated carbocycles. The first-order valence-electron chi connectivity index (χ1n) is 4.96. The quantitative estimate of drug-likeness (QED) is 0.765. The SMILES string of the molecule is Cc1nc2c(nc(C)n2C(C)C)c(=O)[nH]1. The highest BCUT2D eigenvalue weighted by atomic mass is 16.1. The molecule has 0 aliphatic rings. The third-order valence-electron chi connectivity index (χ3n) is 2.36. The molecule has 0 aliphatic heterocycles. The summed E-state index contributed by atoms with van der Waals surface area (Å²) in [5.41, 5.74) is 0.926. The molecule has 5 nitrogen and oxygen atoms in total. The van der Waals surface area contributed by atoms with Gasteiger partial charge < -0.3 is 9.55 Å². The van der Waals surface area contributed by atoms with E-state index in [0.29, 0.717) is 17.0 Å². The van der Waals surface area contributed by atoms with Crippen LogP contribution in [-0.2, 0) is 0 Å². The number of fused-ring (bicyclic) bond motifs is 1. The molecule has 2 aromatic rings. The van der Waals surface area contributed by atoms with Crippen LogP contribution >= 0.6 is 0 Å². The summed E-state index contributed by atoms with van der Waals surface area (Å²) in [6, 6.07) is 0.253. The van der Waals surface area contributed by atoms with Crippen LogP contribution in [-0.4, -0.2) is 19.5 Å². The van der Waals surface area contributed by atoms with Crippen molar-refractivity contribution in [2.75, 3.05) is 0 Å². The zero-order chi connectivity index (χ0) is 11.2. The number of imidazole rings is 1. The maximum atomic E-state index is 11.6. The van der Waals surface area contributed by atoms with Gasteiger partial charge in [-0.3, -0.25) is 4.79 Å². The molecule has 0 aliphatic carbocycles. The second kappa shape index (κ2) is 3.18. The first-order chi connectivity index (χ1) is 7.00. The van der Waals surface area contributed by atoms with E-state index >= 15 is 0 Å². The van der Waals surface area contributed by atoms with Gasteiger partial charge in [0.15, 0.2) is 11.2 Å². The largest absolute Gasteiger partial charge is 0.310 e. The van der Waals surface area contributed by atoms with Crippen molar-refractivity contribution in [3.05, 3.63) is 22.0 Å². The van der Waals surface area contributed by atoms with Gasteiger partial charge in [0, 0.05) is 6.04 Å². The highest BCUT2D eigenvalue weighted by molar-refractivity contribution is 5.70. The summed E-state index contributed by atoms with van der Waals surface area (Å²) in [4.78, 5) is 22.8. The number of nitrogens with one attached hydrogen (secondary N) is 1. The molecule has 0 amide bonds. The Kier molecular flexibility index (Phi) is 2.10. The van der Waals surface area contributed by atoms with Crippen molar-refractivity contribution in [2.45, 2.75) is 33.7 Å². The summed E-state index contributed by atoms with van der Waals surface area (Å²) in [6.07, 6.45) is 0. The van der Waals surface area contributed by atoms with Gasteiger partial charge in [-0.2, -0.15) is 0 Å². The van der Waals surface area contributed by atoms with Gasteiger partial charge in [-0.05, 0) is 27.7 Å². The maximum Gasteiger partial charge on any atom is 0.279 e. The van der Waals surface area contributed by atoms with Crippen LogP contribution < -0.4 is 5.56 Å². The van der Waals surface area contributed by atoms with Crippen LogP contribution in [0.5, 0.6) is 0 Å². The van der Waals surface area contributed by atoms with E-state index in [9.17, 15) is 4.79 Å². The molecule has 1 N–H and O–H groups in total. The number of hydrogen-bond acceptors (Lipinski definition) is 3. The second-order valence-electron chi connectivity index (χ2n) is 3.95. The minimum Gasteiger partial charge on any atom is -0.310 e. The highest BCUT2D eigenvalue weighted by Crippen LogP contribution is 2.15. The predicted molar refractivity (Wildman–Crippen MR) is 58.0 cm³/mol. The van der Waals surface area contributed by atoms with E-state index in [1.54, 1.807) is 6.92 Å². The van der Waals surface area contributed by atoms with E-state index < -0.39 is 0 Å². The minimum atomic E-state index is -0.167. The first-order valence-corrected chi connectivity index (χ1v) is 4.96. The van der Waals surface area contributed by atoms with Gasteiger partial charge in [0.1, 0.15) is 11.6 Å². The number of nitrogens with zero attached hydrogens (tertiary/aromatic N) is 3. The van der Waals surface area contributed by atoms with Crippen molar-refractivity contribution < 1.29 is 0 Å². The summed E-state index contributed by atoms with van der Waals surface area (Å²) < 4.78 is 1.97. The van der Waals surface area contributed by atoms with Crippen molar-refractivity contribution in [1.82, 2.24) is 19.5 Å². The van der Waals surface area contributed by atoms with Gasteiger partial charge >= 0.3 is 0 Å². The molecule has 0 spiro atoms. The number of H-pyrrole nitrogens is 1. The molecule has 2 rings (SSSR count). The fraction of sp³-hybridized carbons (Fsp3) is 0.500.